The number of aromatic nitrogens is 6. The Morgan fingerprint density at radius 1 is 1.15 bits per heavy atom. The van der Waals surface area contributed by atoms with Gasteiger partial charge in [0.2, 0.25) is 0 Å². The summed E-state index contributed by atoms with van der Waals surface area (Å²) in [6.45, 7) is 7.64. The largest absolute Gasteiger partial charge is 0.496 e. The van der Waals surface area contributed by atoms with Crippen LogP contribution in [0.15, 0.2) is 36.8 Å². The molecule has 3 heterocycles. The van der Waals surface area contributed by atoms with E-state index in [4.69, 9.17) is 4.74 Å². The maximum absolute atomic E-state index is 13.9. The number of carbonyl (C=O) groups is 1. The third kappa shape index (κ3) is 5.94. The average molecular weight is 542 g/mol. The quantitative estimate of drug-likeness (QED) is 0.314. The van der Waals surface area contributed by atoms with E-state index in [1.54, 1.807) is 30.1 Å². The zero-order chi connectivity index (χ0) is 28.5. The molecule has 0 aliphatic carbocycles. The van der Waals surface area contributed by atoms with Gasteiger partial charge in [-0.2, -0.15) is 18.3 Å². The summed E-state index contributed by atoms with van der Waals surface area (Å²) in [4.78, 5) is 17.5. The summed E-state index contributed by atoms with van der Waals surface area (Å²) < 4.78 is 50.0. The fourth-order valence-electron chi connectivity index (χ4n) is 4.18. The Balaban J connectivity index is 1.65. The molecule has 0 unspecified atom stereocenters. The summed E-state index contributed by atoms with van der Waals surface area (Å²) >= 11 is 0. The molecular weight excluding hydrogens is 511 g/mol. The highest BCUT2D eigenvalue weighted by molar-refractivity contribution is 6.04. The van der Waals surface area contributed by atoms with Crippen molar-refractivity contribution in [3.8, 4) is 22.7 Å². The average Bonchev–Trinajstić information content (AvgIpc) is 3.48. The molecule has 0 bridgehead atoms. The molecule has 9 nitrogen and oxygen atoms in total. The van der Waals surface area contributed by atoms with E-state index in [0.29, 0.717) is 35.5 Å². The minimum absolute atomic E-state index is 0.0177. The molecule has 4 aromatic rings. The van der Waals surface area contributed by atoms with Crippen LogP contribution in [0.5, 0.6) is 5.75 Å². The van der Waals surface area contributed by atoms with E-state index in [9.17, 15) is 18.0 Å². The third-order valence-corrected chi connectivity index (χ3v) is 6.50. The van der Waals surface area contributed by atoms with Crippen LogP contribution in [0.2, 0.25) is 0 Å². The highest BCUT2D eigenvalue weighted by atomic mass is 19.4. The topological polar surface area (TPSA) is 99.8 Å². The molecular formula is C27H30F3N7O2. The second-order valence-corrected chi connectivity index (χ2v) is 9.74. The van der Waals surface area contributed by atoms with E-state index in [1.807, 2.05) is 27.8 Å². The molecule has 0 radical (unpaired) electrons. The summed E-state index contributed by atoms with van der Waals surface area (Å²) in [5.74, 6) is -0.565. The molecule has 0 spiro atoms. The number of nitrogens with zero attached hydrogens (tertiary/aromatic N) is 6. The first-order chi connectivity index (χ1) is 18.4. The van der Waals surface area contributed by atoms with Gasteiger partial charge in [-0.25, -0.2) is 4.68 Å². The first-order valence-electron chi connectivity index (χ1n) is 12.4. The van der Waals surface area contributed by atoms with Gasteiger partial charge in [0.1, 0.15) is 11.4 Å². The lowest BCUT2D eigenvalue weighted by Gasteiger charge is -2.19. The predicted molar refractivity (Wildman–Crippen MR) is 140 cm³/mol. The number of amides is 1. The molecule has 39 heavy (non-hydrogen) atoms. The Bertz CT molecular complexity index is 1510. The molecule has 12 heteroatoms. The van der Waals surface area contributed by atoms with Gasteiger partial charge in [0.15, 0.2) is 0 Å². The lowest BCUT2D eigenvalue weighted by atomic mass is 9.98. The van der Waals surface area contributed by atoms with Crippen molar-refractivity contribution >= 4 is 11.6 Å². The second-order valence-electron chi connectivity index (χ2n) is 9.74. The Morgan fingerprint density at radius 3 is 2.51 bits per heavy atom. The molecule has 4 rings (SSSR count). The maximum Gasteiger partial charge on any atom is 0.420 e. The monoisotopic (exact) mass is 541 g/mol. The molecule has 0 saturated carbocycles. The van der Waals surface area contributed by atoms with Crippen molar-refractivity contribution < 1.29 is 22.7 Å². The number of benzene rings is 1. The van der Waals surface area contributed by atoms with Crippen molar-refractivity contribution in [1.82, 2.24) is 29.8 Å². The number of hydrogen-bond acceptors (Lipinski definition) is 6. The van der Waals surface area contributed by atoms with Crippen molar-refractivity contribution in [2.45, 2.75) is 46.7 Å². The van der Waals surface area contributed by atoms with E-state index in [-0.39, 0.29) is 22.9 Å². The van der Waals surface area contributed by atoms with E-state index >= 15 is 0 Å². The van der Waals surface area contributed by atoms with Crippen LogP contribution < -0.4 is 10.1 Å². The molecule has 0 aliphatic rings. The SMILES string of the molecule is COc1c(CCC(C)C)cc(NC(=O)c2cnc(C)c(-n3cc(-c4cnn(C)c4C)nn3)c2)cc1C(F)(F)F. The van der Waals surface area contributed by atoms with Crippen LogP contribution in [-0.2, 0) is 19.6 Å². The summed E-state index contributed by atoms with van der Waals surface area (Å²) in [6, 6.07) is 3.98. The van der Waals surface area contributed by atoms with Crippen LogP contribution in [0.25, 0.3) is 16.9 Å². The Morgan fingerprint density at radius 2 is 1.90 bits per heavy atom. The number of ether oxygens (including phenoxy) is 1. The van der Waals surface area contributed by atoms with Crippen LogP contribution in [0, 0.1) is 19.8 Å². The Hall–Kier alpha value is -4.22. The lowest BCUT2D eigenvalue weighted by Crippen LogP contribution is -2.16. The van der Waals surface area contributed by atoms with Gasteiger partial charge >= 0.3 is 6.18 Å². The number of rotatable bonds is 8. The molecule has 0 atom stereocenters. The molecule has 1 aromatic carbocycles. The number of hydrogen-bond donors (Lipinski definition) is 1. The molecule has 1 amide bonds. The number of methoxy groups -OCH3 is 1. The predicted octanol–water partition coefficient (Wildman–Crippen LogP) is 5.55. The second kappa shape index (κ2) is 10.9. The fourth-order valence-corrected chi connectivity index (χ4v) is 4.18. The van der Waals surface area contributed by atoms with Crippen molar-refractivity contribution in [2.75, 3.05) is 12.4 Å². The summed E-state index contributed by atoms with van der Waals surface area (Å²) in [6.07, 6.45) is 1.14. The van der Waals surface area contributed by atoms with Gasteiger partial charge in [0, 0.05) is 30.2 Å². The first-order valence-corrected chi connectivity index (χ1v) is 12.4. The number of aryl methyl sites for hydroxylation is 3. The number of pyridine rings is 1. The molecule has 0 aliphatic heterocycles. The lowest BCUT2D eigenvalue weighted by molar-refractivity contribution is -0.138. The fraction of sp³-hybridized carbons (Fsp3) is 0.370. The molecule has 206 valence electrons. The van der Waals surface area contributed by atoms with Gasteiger partial charge in [-0.05, 0) is 56.4 Å². The van der Waals surface area contributed by atoms with Gasteiger partial charge in [-0.3, -0.25) is 14.5 Å². The van der Waals surface area contributed by atoms with Crippen LogP contribution in [-0.4, -0.2) is 42.8 Å². The van der Waals surface area contributed by atoms with E-state index < -0.39 is 17.6 Å². The molecule has 0 fully saturated rings. The summed E-state index contributed by atoms with van der Waals surface area (Å²) in [7, 11) is 3.04. The minimum Gasteiger partial charge on any atom is -0.496 e. The number of nitrogens with one attached hydrogen (secondary N) is 1. The normalized spacial score (nSPS) is 11.7. The van der Waals surface area contributed by atoms with E-state index in [1.165, 1.54) is 24.1 Å². The Kier molecular flexibility index (Phi) is 7.75. The molecule has 0 saturated heterocycles. The van der Waals surface area contributed by atoms with Crippen LogP contribution in [0.4, 0.5) is 18.9 Å². The first kappa shape index (κ1) is 27.8. The third-order valence-electron chi connectivity index (χ3n) is 6.50. The van der Waals surface area contributed by atoms with Crippen molar-refractivity contribution in [3.63, 3.8) is 0 Å². The van der Waals surface area contributed by atoms with Gasteiger partial charge in [0.05, 0.1) is 42.0 Å². The zero-order valence-corrected chi connectivity index (χ0v) is 22.6. The number of anilines is 1. The molecule has 3 aromatic heterocycles. The zero-order valence-electron chi connectivity index (χ0n) is 22.6. The number of carbonyl (C=O) groups excluding carboxylic acids is 1. The van der Waals surface area contributed by atoms with Gasteiger partial charge in [-0.15, -0.1) is 5.10 Å². The van der Waals surface area contributed by atoms with E-state index in [2.05, 4.69) is 25.7 Å². The van der Waals surface area contributed by atoms with Crippen LogP contribution >= 0.6 is 0 Å². The van der Waals surface area contributed by atoms with Crippen molar-refractivity contribution in [2.24, 2.45) is 13.0 Å². The smallest absolute Gasteiger partial charge is 0.420 e. The number of halogens is 3. The number of alkyl halides is 3. The van der Waals surface area contributed by atoms with Gasteiger partial charge < -0.3 is 10.1 Å². The van der Waals surface area contributed by atoms with Gasteiger partial charge in [0.25, 0.3) is 5.91 Å². The van der Waals surface area contributed by atoms with Crippen molar-refractivity contribution in [3.05, 3.63) is 64.9 Å². The van der Waals surface area contributed by atoms with Crippen LogP contribution in [0.1, 0.15) is 53.1 Å². The van der Waals surface area contributed by atoms with E-state index in [0.717, 1.165) is 17.3 Å². The highest BCUT2D eigenvalue weighted by Gasteiger charge is 2.36. The van der Waals surface area contributed by atoms with Crippen molar-refractivity contribution in [1.29, 1.82) is 0 Å². The van der Waals surface area contributed by atoms with Gasteiger partial charge in [-0.1, -0.05) is 19.1 Å². The summed E-state index contributed by atoms with van der Waals surface area (Å²) in [5.41, 5.74) is 3.03. The summed E-state index contributed by atoms with van der Waals surface area (Å²) in [5, 5.41) is 15.2. The standard InChI is InChI=1S/C27H30F3N7O2/c1-15(2)7-8-18-9-20(11-22(25(18)39-6)27(28,29)30)33-26(38)19-10-24(16(3)31-12-19)37-14-23(34-35-37)21-13-32-36(5)17(21)4/h9-15H,7-8H2,1-6H3,(H,33,38). The minimum atomic E-state index is -4.66. The van der Waals surface area contributed by atoms with Crippen LogP contribution in [0.3, 0.4) is 0 Å². The maximum atomic E-state index is 13.9. The Labute approximate surface area is 224 Å². The molecule has 1 N–H and O–H groups in total. The highest BCUT2D eigenvalue weighted by Crippen LogP contribution is 2.41.